The van der Waals surface area contributed by atoms with Crippen molar-refractivity contribution >= 4 is 15.9 Å². The normalized spacial score (nSPS) is 13.3. The lowest BCUT2D eigenvalue weighted by Gasteiger charge is -2.06. The molecule has 2 rings (SSSR count). The minimum atomic E-state index is 0.326. The fraction of sp³-hybridized carbons (Fsp3) is 0.400. The number of benzene rings is 1. The number of ether oxygens (including phenoxy) is 2. The topological polar surface area (TPSA) is 30.5 Å². The van der Waals surface area contributed by atoms with E-state index >= 15 is 0 Å². The lowest BCUT2D eigenvalue weighted by atomic mass is 10.2. The van der Waals surface area contributed by atoms with Crippen LogP contribution in [0, 0.1) is 0 Å². The quantitative estimate of drug-likeness (QED) is 0.902. The van der Waals surface area contributed by atoms with Crippen LogP contribution in [0.1, 0.15) is 12.5 Å². The Labute approximate surface area is 91.5 Å². The first-order chi connectivity index (χ1) is 6.81. The van der Waals surface area contributed by atoms with Crippen LogP contribution in [0.15, 0.2) is 16.6 Å². The van der Waals surface area contributed by atoms with Crippen molar-refractivity contribution in [3.63, 3.8) is 0 Å². The van der Waals surface area contributed by atoms with Crippen molar-refractivity contribution in [3.05, 3.63) is 22.2 Å². The third-order valence-corrected chi connectivity index (χ3v) is 2.85. The van der Waals surface area contributed by atoms with Crippen LogP contribution >= 0.6 is 15.9 Å². The smallest absolute Gasteiger partial charge is 0.231 e. The third kappa shape index (κ3) is 1.86. The molecule has 1 aromatic rings. The number of fused-ring (bicyclic) bond motifs is 1. The van der Waals surface area contributed by atoms with Crippen LogP contribution in [0.25, 0.3) is 0 Å². The van der Waals surface area contributed by atoms with E-state index in [-0.39, 0.29) is 0 Å². The predicted molar refractivity (Wildman–Crippen MR) is 57.6 cm³/mol. The van der Waals surface area contributed by atoms with Gasteiger partial charge >= 0.3 is 0 Å². The van der Waals surface area contributed by atoms with Crippen LogP contribution in [-0.2, 0) is 6.54 Å². The third-order valence-electron chi connectivity index (χ3n) is 2.11. The van der Waals surface area contributed by atoms with Gasteiger partial charge in [0.2, 0.25) is 6.79 Å². The summed E-state index contributed by atoms with van der Waals surface area (Å²) in [5, 5.41) is 3.27. The second-order valence-electron chi connectivity index (χ2n) is 3.08. The molecule has 0 bridgehead atoms. The van der Waals surface area contributed by atoms with E-state index in [1.165, 1.54) is 5.56 Å². The molecule has 0 spiro atoms. The molecule has 1 N–H and O–H groups in total. The van der Waals surface area contributed by atoms with E-state index in [1.807, 2.05) is 12.1 Å². The highest BCUT2D eigenvalue weighted by Crippen LogP contribution is 2.36. The van der Waals surface area contributed by atoms with Crippen LogP contribution in [-0.4, -0.2) is 13.3 Å². The summed E-state index contributed by atoms with van der Waals surface area (Å²) in [7, 11) is 0. The molecule has 0 fully saturated rings. The van der Waals surface area contributed by atoms with Crippen molar-refractivity contribution in [3.8, 4) is 11.5 Å². The minimum Gasteiger partial charge on any atom is -0.454 e. The molecule has 0 radical (unpaired) electrons. The zero-order chi connectivity index (χ0) is 9.97. The number of hydrogen-bond donors (Lipinski definition) is 1. The van der Waals surface area contributed by atoms with Gasteiger partial charge in [0.25, 0.3) is 0 Å². The SMILES string of the molecule is CCNCc1cc2c(cc1Br)OCO2. The molecule has 14 heavy (non-hydrogen) atoms. The highest BCUT2D eigenvalue weighted by molar-refractivity contribution is 9.10. The Morgan fingerprint density at radius 3 is 2.79 bits per heavy atom. The van der Waals surface area contributed by atoms with Gasteiger partial charge in [0.15, 0.2) is 11.5 Å². The van der Waals surface area contributed by atoms with Gasteiger partial charge < -0.3 is 14.8 Å². The Morgan fingerprint density at radius 2 is 2.07 bits per heavy atom. The molecule has 1 aromatic carbocycles. The number of halogens is 1. The fourth-order valence-corrected chi connectivity index (χ4v) is 1.82. The lowest BCUT2D eigenvalue weighted by Crippen LogP contribution is -2.12. The van der Waals surface area contributed by atoms with E-state index in [9.17, 15) is 0 Å². The van der Waals surface area contributed by atoms with Crippen molar-refractivity contribution in [2.45, 2.75) is 13.5 Å². The Bertz CT molecular complexity index is 341. The van der Waals surface area contributed by atoms with E-state index in [0.29, 0.717) is 6.79 Å². The molecule has 0 saturated heterocycles. The average Bonchev–Trinajstić information content (AvgIpc) is 2.61. The Kier molecular flexibility index (Phi) is 2.93. The second kappa shape index (κ2) is 4.19. The molecule has 0 saturated carbocycles. The van der Waals surface area contributed by atoms with Crippen LogP contribution in [0.4, 0.5) is 0 Å². The van der Waals surface area contributed by atoms with Gasteiger partial charge in [-0.3, -0.25) is 0 Å². The molecule has 1 heterocycles. The molecule has 1 aliphatic heterocycles. The Balaban J connectivity index is 2.23. The van der Waals surface area contributed by atoms with Gasteiger partial charge in [0, 0.05) is 11.0 Å². The minimum absolute atomic E-state index is 0.326. The van der Waals surface area contributed by atoms with Crippen LogP contribution in [0.5, 0.6) is 11.5 Å². The van der Waals surface area contributed by atoms with Crippen molar-refractivity contribution in [1.29, 1.82) is 0 Å². The fourth-order valence-electron chi connectivity index (χ4n) is 1.35. The maximum absolute atomic E-state index is 5.30. The summed E-state index contributed by atoms with van der Waals surface area (Å²) in [6.45, 7) is 4.21. The lowest BCUT2D eigenvalue weighted by molar-refractivity contribution is 0.174. The average molecular weight is 258 g/mol. The highest BCUT2D eigenvalue weighted by Gasteiger charge is 2.15. The molecule has 1 aliphatic rings. The van der Waals surface area contributed by atoms with Gasteiger partial charge in [-0.15, -0.1) is 0 Å². The molecule has 0 unspecified atom stereocenters. The molecule has 0 atom stereocenters. The molecule has 4 heteroatoms. The van der Waals surface area contributed by atoms with Crippen LogP contribution in [0.2, 0.25) is 0 Å². The maximum atomic E-state index is 5.30. The van der Waals surface area contributed by atoms with E-state index in [4.69, 9.17) is 9.47 Å². The summed E-state index contributed by atoms with van der Waals surface area (Å²) in [6.07, 6.45) is 0. The zero-order valence-corrected chi connectivity index (χ0v) is 9.56. The first kappa shape index (κ1) is 9.80. The first-order valence-corrected chi connectivity index (χ1v) is 5.39. The van der Waals surface area contributed by atoms with Crippen LogP contribution in [0.3, 0.4) is 0 Å². The van der Waals surface area contributed by atoms with Gasteiger partial charge in [-0.05, 0) is 24.2 Å². The van der Waals surface area contributed by atoms with Crippen molar-refractivity contribution in [2.75, 3.05) is 13.3 Å². The standard InChI is InChI=1S/C10H12BrNO2/c1-2-12-5-7-3-9-10(4-8(7)11)14-6-13-9/h3-4,12H,2,5-6H2,1H3. The molecule has 3 nitrogen and oxygen atoms in total. The number of rotatable bonds is 3. The van der Waals surface area contributed by atoms with E-state index in [0.717, 1.165) is 29.1 Å². The van der Waals surface area contributed by atoms with Crippen molar-refractivity contribution < 1.29 is 9.47 Å². The van der Waals surface area contributed by atoms with Gasteiger partial charge in [-0.25, -0.2) is 0 Å². The molecular formula is C10H12BrNO2. The van der Waals surface area contributed by atoms with E-state index in [1.54, 1.807) is 0 Å². The zero-order valence-electron chi connectivity index (χ0n) is 7.97. The van der Waals surface area contributed by atoms with Crippen molar-refractivity contribution in [2.24, 2.45) is 0 Å². The van der Waals surface area contributed by atoms with Gasteiger partial charge in [0.1, 0.15) is 0 Å². The van der Waals surface area contributed by atoms with Gasteiger partial charge in [0.05, 0.1) is 0 Å². The van der Waals surface area contributed by atoms with Gasteiger partial charge in [-0.2, -0.15) is 0 Å². The largest absolute Gasteiger partial charge is 0.454 e. The Hall–Kier alpha value is -0.740. The molecule has 0 amide bonds. The van der Waals surface area contributed by atoms with Crippen molar-refractivity contribution in [1.82, 2.24) is 5.32 Å². The number of hydrogen-bond acceptors (Lipinski definition) is 3. The summed E-state index contributed by atoms with van der Waals surface area (Å²) < 4.78 is 11.6. The summed E-state index contributed by atoms with van der Waals surface area (Å²) in [4.78, 5) is 0. The molecule has 0 aromatic heterocycles. The van der Waals surface area contributed by atoms with Crippen LogP contribution < -0.4 is 14.8 Å². The predicted octanol–water partition coefficient (Wildman–Crippen LogP) is 2.29. The van der Waals surface area contributed by atoms with E-state index in [2.05, 4.69) is 28.2 Å². The highest BCUT2D eigenvalue weighted by atomic mass is 79.9. The summed E-state index contributed by atoms with van der Waals surface area (Å²) in [6, 6.07) is 3.96. The summed E-state index contributed by atoms with van der Waals surface area (Å²) >= 11 is 3.50. The molecule has 76 valence electrons. The Morgan fingerprint density at radius 1 is 1.36 bits per heavy atom. The van der Waals surface area contributed by atoms with Gasteiger partial charge in [-0.1, -0.05) is 22.9 Å². The molecule has 0 aliphatic carbocycles. The summed E-state index contributed by atoms with van der Waals surface area (Å²) in [5.41, 5.74) is 1.19. The molecular weight excluding hydrogens is 246 g/mol. The monoisotopic (exact) mass is 257 g/mol. The summed E-state index contributed by atoms with van der Waals surface area (Å²) in [5.74, 6) is 1.65. The second-order valence-corrected chi connectivity index (χ2v) is 3.93. The first-order valence-electron chi connectivity index (χ1n) is 4.60. The van der Waals surface area contributed by atoms with E-state index < -0.39 is 0 Å². The maximum Gasteiger partial charge on any atom is 0.231 e. The number of nitrogens with one attached hydrogen (secondary N) is 1.